The molecule has 2 rings (SSSR count). The number of nitrogens with one attached hydrogen (secondary N) is 2. The van der Waals surface area contributed by atoms with E-state index >= 15 is 0 Å². The van der Waals surface area contributed by atoms with Crippen molar-refractivity contribution < 1.29 is 4.79 Å². The average molecular weight is 267 g/mol. The van der Waals surface area contributed by atoms with Gasteiger partial charge in [0.15, 0.2) is 0 Å². The number of rotatable bonds is 5. The summed E-state index contributed by atoms with van der Waals surface area (Å²) in [7, 11) is 0. The van der Waals surface area contributed by atoms with Crippen LogP contribution in [0.25, 0.3) is 0 Å². The largest absolute Gasteiger partial charge is 0.353 e. The van der Waals surface area contributed by atoms with E-state index in [0.717, 1.165) is 19.5 Å². The molecule has 0 aromatic carbocycles. The second-order valence-corrected chi connectivity index (χ2v) is 6.11. The molecule has 2 saturated heterocycles. The van der Waals surface area contributed by atoms with Crippen LogP contribution in [-0.2, 0) is 4.79 Å². The van der Waals surface area contributed by atoms with Gasteiger partial charge < -0.3 is 10.6 Å². The Balaban J connectivity index is 1.86. The Labute approximate surface area is 117 Å². The van der Waals surface area contributed by atoms with Gasteiger partial charge in [0, 0.05) is 18.1 Å². The van der Waals surface area contributed by atoms with Gasteiger partial charge in [-0.15, -0.1) is 0 Å². The van der Waals surface area contributed by atoms with Crippen molar-refractivity contribution in [1.29, 1.82) is 0 Å². The van der Waals surface area contributed by atoms with Gasteiger partial charge >= 0.3 is 0 Å². The van der Waals surface area contributed by atoms with E-state index in [0.29, 0.717) is 24.7 Å². The van der Waals surface area contributed by atoms with Crippen LogP contribution in [0.3, 0.4) is 0 Å². The molecular weight excluding hydrogens is 238 g/mol. The van der Waals surface area contributed by atoms with Gasteiger partial charge in [-0.3, -0.25) is 9.69 Å². The molecule has 0 aromatic heterocycles. The third kappa shape index (κ3) is 4.18. The van der Waals surface area contributed by atoms with Crippen LogP contribution in [0.4, 0.5) is 0 Å². The molecule has 0 radical (unpaired) electrons. The van der Waals surface area contributed by atoms with Crippen molar-refractivity contribution in [3.63, 3.8) is 0 Å². The van der Waals surface area contributed by atoms with Crippen LogP contribution in [-0.4, -0.2) is 48.6 Å². The summed E-state index contributed by atoms with van der Waals surface area (Å²) in [5.41, 5.74) is 0. The number of amides is 1. The van der Waals surface area contributed by atoms with Gasteiger partial charge in [-0.1, -0.05) is 13.3 Å². The van der Waals surface area contributed by atoms with Crippen molar-refractivity contribution in [1.82, 2.24) is 15.5 Å². The number of carbonyl (C=O) groups is 1. The predicted molar refractivity (Wildman–Crippen MR) is 78.1 cm³/mol. The van der Waals surface area contributed by atoms with Crippen LogP contribution in [0, 0.1) is 0 Å². The molecule has 19 heavy (non-hydrogen) atoms. The summed E-state index contributed by atoms with van der Waals surface area (Å²) < 4.78 is 0. The Hall–Kier alpha value is -0.610. The van der Waals surface area contributed by atoms with E-state index in [1.54, 1.807) is 0 Å². The maximum Gasteiger partial charge on any atom is 0.234 e. The predicted octanol–water partition coefficient (Wildman–Crippen LogP) is 1.51. The highest BCUT2D eigenvalue weighted by molar-refractivity contribution is 5.78. The van der Waals surface area contributed by atoms with Crippen molar-refractivity contribution in [2.75, 3.05) is 19.6 Å². The second-order valence-electron chi connectivity index (χ2n) is 6.11. The third-order valence-corrected chi connectivity index (χ3v) is 4.59. The maximum absolute atomic E-state index is 12.1. The van der Waals surface area contributed by atoms with Gasteiger partial charge in [-0.25, -0.2) is 0 Å². The minimum Gasteiger partial charge on any atom is -0.353 e. The van der Waals surface area contributed by atoms with Crippen molar-refractivity contribution in [3.05, 3.63) is 0 Å². The molecule has 4 nitrogen and oxygen atoms in total. The van der Waals surface area contributed by atoms with Crippen LogP contribution in [0.5, 0.6) is 0 Å². The SMILES string of the molecule is CCC(C)NC(=O)CN1CCCCC1C1CCCN1. The highest BCUT2D eigenvalue weighted by atomic mass is 16.2. The summed E-state index contributed by atoms with van der Waals surface area (Å²) in [6.45, 7) is 6.99. The molecule has 3 unspecified atom stereocenters. The summed E-state index contributed by atoms with van der Waals surface area (Å²) in [5, 5.41) is 6.70. The number of likely N-dealkylation sites (tertiary alicyclic amines) is 1. The van der Waals surface area contributed by atoms with Crippen LogP contribution in [0.15, 0.2) is 0 Å². The Bertz CT molecular complexity index is 289. The van der Waals surface area contributed by atoms with E-state index in [-0.39, 0.29) is 5.91 Å². The summed E-state index contributed by atoms with van der Waals surface area (Å²) >= 11 is 0. The van der Waals surface area contributed by atoms with E-state index in [4.69, 9.17) is 0 Å². The first kappa shape index (κ1) is 14.8. The first-order valence-corrected chi connectivity index (χ1v) is 7.97. The molecule has 2 aliphatic heterocycles. The van der Waals surface area contributed by atoms with Crippen LogP contribution < -0.4 is 10.6 Å². The van der Waals surface area contributed by atoms with Crippen molar-refractivity contribution in [2.45, 2.75) is 70.5 Å². The molecule has 0 saturated carbocycles. The number of hydrogen-bond acceptors (Lipinski definition) is 3. The number of hydrogen-bond donors (Lipinski definition) is 2. The fourth-order valence-electron chi connectivity index (χ4n) is 3.32. The quantitative estimate of drug-likeness (QED) is 0.793. The van der Waals surface area contributed by atoms with Crippen molar-refractivity contribution in [2.24, 2.45) is 0 Å². The van der Waals surface area contributed by atoms with E-state index < -0.39 is 0 Å². The van der Waals surface area contributed by atoms with E-state index in [2.05, 4.69) is 29.4 Å². The lowest BCUT2D eigenvalue weighted by Gasteiger charge is -2.39. The monoisotopic (exact) mass is 267 g/mol. The molecule has 110 valence electrons. The van der Waals surface area contributed by atoms with Gasteiger partial charge in [0.1, 0.15) is 0 Å². The zero-order valence-corrected chi connectivity index (χ0v) is 12.5. The highest BCUT2D eigenvalue weighted by Gasteiger charge is 2.32. The summed E-state index contributed by atoms with van der Waals surface area (Å²) in [4.78, 5) is 14.5. The fourth-order valence-corrected chi connectivity index (χ4v) is 3.32. The Morgan fingerprint density at radius 1 is 1.37 bits per heavy atom. The van der Waals surface area contributed by atoms with E-state index in [9.17, 15) is 4.79 Å². The molecule has 0 aliphatic carbocycles. The minimum absolute atomic E-state index is 0.194. The molecule has 0 bridgehead atoms. The Kier molecular flexibility index (Phi) is 5.64. The second kappa shape index (κ2) is 7.25. The number of nitrogens with zero attached hydrogens (tertiary/aromatic N) is 1. The Morgan fingerprint density at radius 2 is 2.21 bits per heavy atom. The van der Waals surface area contributed by atoms with Crippen LogP contribution in [0.1, 0.15) is 52.4 Å². The first-order chi connectivity index (χ1) is 9.20. The van der Waals surface area contributed by atoms with E-state index in [1.165, 1.54) is 32.1 Å². The molecule has 2 aliphatic rings. The van der Waals surface area contributed by atoms with Crippen molar-refractivity contribution >= 4 is 5.91 Å². The average Bonchev–Trinajstić information content (AvgIpc) is 2.93. The highest BCUT2D eigenvalue weighted by Crippen LogP contribution is 2.23. The molecule has 0 spiro atoms. The van der Waals surface area contributed by atoms with Gasteiger partial charge in [0.05, 0.1) is 6.54 Å². The van der Waals surface area contributed by atoms with Crippen LogP contribution >= 0.6 is 0 Å². The van der Waals surface area contributed by atoms with Gasteiger partial charge in [0.2, 0.25) is 5.91 Å². The smallest absolute Gasteiger partial charge is 0.234 e. The maximum atomic E-state index is 12.1. The molecule has 0 aromatic rings. The van der Waals surface area contributed by atoms with E-state index in [1.807, 2.05) is 0 Å². The number of piperidine rings is 1. The fraction of sp³-hybridized carbons (Fsp3) is 0.933. The standard InChI is InChI=1S/C15H29N3O/c1-3-12(2)17-15(19)11-18-10-5-4-8-14(18)13-7-6-9-16-13/h12-14,16H,3-11H2,1-2H3,(H,17,19). The lowest BCUT2D eigenvalue weighted by Crippen LogP contribution is -2.53. The van der Waals surface area contributed by atoms with Gasteiger partial charge in [0.25, 0.3) is 0 Å². The van der Waals surface area contributed by atoms with Crippen LogP contribution in [0.2, 0.25) is 0 Å². The summed E-state index contributed by atoms with van der Waals surface area (Å²) in [6, 6.07) is 1.47. The van der Waals surface area contributed by atoms with Gasteiger partial charge in [-0.05, 0) is 52.1 Å². The molecule has 1 amide bonds. The topological polar surface area (TPSA) is 44.4 Å². The molecule has 2 N–H and O–H groups in total. The third-order valence-electron chi connectivity index (χ3n) is 4.59. The Morgan fingerprint density at radius 3 is 2.89 bits per heavy atom. The normalized spacial score (nSPS) is 30.2. The zero-order valence-electron chi connectivity index (χ0n) is 12.5. The minimum atomic E-state index is 0.194. The lowest BCUT2D eigenvalue weighted by molar-refractivity contribution is -0.124. The first-order valence-electron chi connectivity index (χ1n) is 7.97. The molecule has 4 heteroatoms. The molecule has 2 heterocycles. The molecule has 2 fully saturated rings. The van der Waals surface area contributed by atoms with Gasteiger partial charge in [-0.2, -0.15) is 0 Å². The number of carbonyl (C=O) groups excluding carboxylic acids is 1. The molecular formula is C15H29N3O. The lowest BCUT2D eigenvalue weighted by atomic mass is 9.94. The summed E-state index contributed by atoms with van der Waals surface area (Å²) in [5.74, 6) is 0.194. The molecule has 3 atom stereocenters. The summed E-state index contributed by atoms with van der Waals surface area (Å²) in [6.07, 6.45) is 7.35. The zero-order chi connectivity index (χ0) is 13.7. The van der Waals surface area contributed by atoms with Crippen molar-refractivity contribution in [3.8, 4) is 0 Å².